The molecule has 6 nitrogen and oxygen atoms in total. The van der Waals surface area contributed by atoms with Crippen molar-refractivity contribution in [1.82, 2.24) is 15.2 Å². The van der Waals surface area contributed by atoms with Crippen molar-refractivity contribution in [3.63, 3.8) is 0 Å². The Kier molecular flexibility index (Phi) is 6.17. The van der Waals surface area contributed by atoms with Crippen LogP contribution in [0.5, 0.6) is 0 Å². The molecule has 2 heterocycles. The number of carboxylic acid groups (broad SMARTS) is 1. The van der Waals surface area contributed by atoms with E-state index in [4.69, 9.17) is 16.7 Å². The first-order valence-corrected chi connectivity index (χ1v) is 11.7. The summed E-state index contributed by atoms with van der Waals surface area (Å²) in [5.41, 5.74) is 6.66. The van der Waals surface area contributed by atoms with Gasteiger partial charge >= 0.3 is 5.97 Å². The number of hydrogen-bond acceptors (Lipinski definition) is 4. The van der Waals surface area contributed by atoms with Crippen molar-refractivity contribution in [3.05, 3.63) is 100.0 Å². The Morgan fingerprint density at radius 3 is 2.57 bits per heavy atom. The van der Waals surface area contributed by atoms with E-state index in [0.717, 1.165) is 69.8 Å². The number of hydrogen-bond donors (Lipinski definition) is 2. The number of nitrogens with zero attached hydrogens (tertiary/aromatic N) is 3. The minimum absolute atomic E-state index is 0.305. The van der Waals surface area contributed by atoms with E-state index in [1.807, 2.05) is 54.6 Å². The lowest BCUT2D eigenvalue weighted by atomic mass is 9.74. The summed E-state index contributed by atoms with van der Waals surface area (Å²) in [4.78, 5) is 15.6. The van der Waals surface area contributed by atoms with Crippen molar-refractivity contribution in [3.8, 4) is 6.07 Å². The SMILES string of the molecule is N#Cc1n[nH]c2ccc(/C(=C(/c3ncccc3Cl)C3CCC3)c3ccc(/C=C/C(=O)O)cc3)cc12. The monoisotopic (exact) mass is 480 g/mol. The summed E-state index contributed by atoms with van der Waals surface area (Å²) >= 11 is 6.67. The molecule has 1 fully saturated rings. The van der Waals surface area contributed by atoms with Crippen molar-refractivity contribution in [1.29, 1.82) is 5.26 Å². The first kappa shape index (κ1) is 22.6. The van der Waals surface area contributed by atoms with Gasteiger partial charge in [0.15, 0.2) is 5.69 Å². The molecule has 0 saturated heterocycles. The molecule has 0 atom stereocenters. The van der Waals surface area contributed by atoms with Crippen LogP contribution in [0.3, 0.4) is 0 Å². The van der Waals surface area contributed by atoms with E-state index >= 15 is 0 Å². The van der Waals surface area contributed by atoms with Crippen molar-refractivity contribution >= 4 is 45.7 Å². The molecule has 4 aromatic rings. The summed E-state index contributed by atoms with van der Waals surface area (Å²) in [6.07, 6.45) is 7.67. The molecule has 35 heavy (non-hydrogen) atoms. The van der Waals surface area contributed by atoms with Gasteiger partial charge in [-0.1, -0.05) is 48.4 Å². The second-order valence-electron chi connectivity index (χ2n) is 8.49. The van der Waals surface area contributed by atoms with Crippen LogP contribution in [0.1, 0.15) is 47.3 Å². The molecular formula is C28H21ClN4O2. The maximum Gasteiger partial charge on any atom is 0.328 e. The number of allylic oxidation sites excluding steroid dienone is 1. The molecule has 2 N–H and O–H groups in total. The van der Waals surface area contributed by atoms with Gasteiger partial charge in [0.2, 0.25) is 0 Å². The average Bonchev–Trinajstić information content (AvgIpc) is 3.25. The van der Waals surface area contributed by atoms with Crippen molar-refractivity contribution in [2.45, 2.75) is 19.3 Å². The summed E-state index contributed by atoms with van der Waals surface area (Å²) in [7, 11) is 0. The lowest BCUT2D eigenvalue weighted by Crippen LogP contribution is -2.16. The van der Waals surface area contributed by atoms with Crippen molar-refractivity contribution in [2.24, 2.45) is 5.92 Å². The third kappa shape index (κ3) is 4.46. The maximum atomic E-state index is 10.9. The summed E-state index contributed by atoms with van der Waals surface area (Å²) in [6, 6.07) is 19.5. The number of fused-ring (bicyclic) bond motifs is 1. The first-order chi connectivity index (χ1) is 17.0. The number of benzene rings is 2. The number of pyridine rings is 1. The van der Waals surface area contributed by atoms with Gasteiger partial charge < -0.3 is 5.11 Å². The van der Waals surface area contributed by atoms with Crippen molar-refractivity contribution in [2.75, 3.05) is 0 Å². The zero-order valence-corrected chi connectivity index (χ0v) is 19.5. The number of nitriles is 1. The number of halogens is 1. The quantitative estimate of drug-likeness (QED) is 0.313. The number of aromatic nitrogens is 3. The number of aromatic amines is 1. The normalized spacial score (nSPS) is 14.5. The van der Waals surface area contributed by atoms with Crippen LogP contribution in [-0.4, -0.2) is 26.3 Å². The topological polar surface area (TPSA) is 103 Å². The Hall–Kier alpha value is -4.21. The molecule has 0 unspecified atom stereocenters. The van der Waals surface area contributed by atoms with Crippen LogP contribution in [0, 0.1) is 17.2 Å². The van der Waals surface area contributed by atoms with Crippen LogP contribution < -0.4 is 0 Å². The van der Waals surface area contributed by atoms with Gasteiger partial charge in [0.05, 0.1) is 16.2 Å². The molecule has 0 bridgehead atoms. The van der Waals surface area contributed by atoms with Gasteiger partial charge in [0.25, 0.3) is 0 Å². The van der Waals surface area contributed by atoms with Gasteiger partial charge in [0.1, 0.15) is 6.07 Å². The summed E-state index contributed by atoms with van der Waals surface area (Å²) in [5, 5.41) is 26.9. The molecule has 172 valence electrons. The van der Waals surface area contributed by atoms with E-state index in [1.54, 1.807) is 12.3 Å². The van der Waals surface area contributed by atoms with Crippen LogP contribution in [0.15, 0.2) is 66.9 Å². The molecule has 0 radical (unpaired) electrons. The zero-order chi connectivity index (χ0) is 24.4. The number of carbonyl (C=O) groups is 1. The summed E-state index contributed by atoms with van der Waals surface area (Å²) < 4.78 is 0. The second-order valence-corrected chi connectivity index (χ2v) is 8.90. The van der Waals surface area contributed by atoms with Crippen LogP contribution in [-0.2, 0) is 4.79 Å². The highest BCUT2D eigenvalue weighted by Gasteiger charge is 2.29. The molecule has 1 aliphatic rings. The smallest absolute Gasteiger partial charge is 0.328 e. The van der Waals surface area contributed by atoms with Crippen LogP contribution >= 0.6 is 11.6 Å². The Morgan fingerprint density at radius 2 is 1.91 bits per heavy atom. The number of H-pyrrole nitrogens is 1. The fourth-order valence-electron chi connectivity index (χ4n) is 4.46. The van der Waals surface area contributed by atoms with Crippen LogP contribution in [0.25, 0.3) is 28.1 Å². The zero-order valence-electron chi connectivity index (χ0n) is 18.7. The minimum atomic E-state index is -0.992. The Labute approximate surface area is 207 Å². The molecule has 1 saturated carbocycles. The standard InChI is InChI=1S/C28H21ClN4O2/c29-22-5-2-14-31-28(22)27(18-3-1-4-18)26(19-9-6-17(7-10-19)8-13-25(34)35)20-11-12-23-21(15-20)24(16-30)33-32-23/h2,5-15,18H,1,3-4H2,(H,32,33)(H,34,35)/b13-8+,27-26+. The number of rotatable bonds is 6. The van der Waals surface area contributed by atoms with E-state index in [0.29, 0.717) is 16.6 Å². The summed E-state index contributed by atoms with van der Waals surface area (Å²) in [6.45, 7) is 0. The van der Waals surface area contributed by atoms with Gasteiger partial charge in [-0.2, -0.15) is 10.4 Å². The van der Waals surface area contributed by atoms with Gasteiger partial charge in [-0.15, -0.1) is 0 Å². The van der Waals surface area contributed by atoms with Crippen LogP contribution in [0.2, 0.25) is 5.02 Å². The molecule has 1 aliphatic carbocycles. The lowest BCUT2D eigenvalue weighted by molar-refractivity contribution is -0.131. The largest absolute Gasteiger partial charge is 0.478 e. The van der Waals surface area contributed by atoms with E-state index in [9.17, 15) is 10.1 Å². The average molecular weight is 481 g/mol. The van der Waals surface area contributed by atoms with Gasteiger partial charge in [-0.05, 0) is 76.9 Å². The first-order valence-electron chi connectivity index (χ1n) is 11.3. The van der Waals surface area contributed by atoms with E-state index in [1.165, 1.54) is 0 Å². The highest BCUT2D eigenvalue weighted by atomic mass is 35.5. The van der Waals surface area contributed by atoms with Gasteiger partial charge in [-0.25, -0.2) is 4.79 Å². The summed E-state index contributed by atoms with van der Waals surface area (Å²) in [5.74, 6) is -0.687. The fourth-order valence-corrected chi connectivity index (χ4v) is 4.68. The van der Waals surface area contributed by atoms with E-state index < -0.39 is 5.97 Å². The van der Waals surface area contributed by atoms with E-state index in [2.05, 4.69) is 21.3 Å². The molecule has 5 rings (SSSR count). The number of carboxylic acids is 1. The van der Waals surface area contributed by atoms with Crippen LogP contribution in [0.4, 0.5) is 0 Å². The third-order valence-corrected chi connectivity index (χ3v) is 6.68. The predicted molar refractivity (Wildman–Crippen MR) is 136 cm³/mol. The van der Waals surface area contributed by atoms with Crippen molar-refractivity contribution < 1.29 is 9.90 Å². The molecule has 0 amide bonds. The number of nitrogens with one attached hydrogen (secondary N) is 1. The lowest BCUT2D eigenvalue weighted by Gasteiger charge is -2.31. The van der Waals surface area contributed by atoms with Gasteiger partial charge in [-0.3, -0.25) is 10.1 Å². The maximum absolute atomic E-state index is 10.9. The number of aliphatic carboxylic acids is 1. The Balaban J connectivity index is 1.77. The highest BCUT2D eigenvalue weighted by molar-refractivity contribution is 6.32. The molecule has 7 heteroatoms. The third-order valence-electron chi connectivity index (χ3n) is 6.37. The molecule has 2 aromatic heterocycles. The molecule has 0 aliphatic heterocycles. The molecular weight excluding hydrogens is 460 g/mol. The Bertz CT molecular complexity index is 1520. The fraction of sp³-hybridized carbons (Fsp3) is 0.143. The molecule has 2 aromatic carbocycles. The van der Waals surface area contributed by atoms with E-state index in [-0.39, 0.29) is 0 Å². The molecule has 0 spiro atoms. The Morgan fingerprint density at radius 1 is 1.14 bits per heavy atom. The van der Waals surface area contributed by atoms with Gasteiger partial charge in [0, 0.05) is 17.7 Å². The second kappa shape index (κ2) is 9.57. The minimum Gasteiger partial charge on any atom is -0.478 e. The predicted octanol–water partition coefficient (Wildman–Crippen LogP) is 6.34. The highest BCUT2D eigenvalue weighted by Crippen LogP contribution is 2.46.